The van der Waals surface area contributed by atoms with Gasteiger partial charge in [0.25, 0.3) is 5.91 Å². The molecule has 0 bridgehead atoms. The molecule has 0 radical (unpaired) electrons. The summed E-state index contributed by atoms with van der Waals surface area (Å²) in [5, 5.41) is 3.69. The average Bonchev–Trinajstić information content (AvgIpc) is 2.98. The Balaban J connectivity index is 1.91. The van der Waals surface area contributed by atoms with Gasteiger partial charge in [0.15, 0.2) is 5.78 Å². The molecule has 0 fully saturated rings. The van der Waals surface area contributed by atoms with Gasteiger partial charge < -0.3 is 5.32 Å². The molecule has 0 unspecified atom stereocenters. The van der Waals surface area contributed by atoms with Gasteiger partial charge >= 0.3 is 0 Å². The molecule has 0 atom stereocenters. The molecular formula is C19H16N2O2S. The molecule has 0 aliphatic heterocycles. The largest absolute Gasteiger partial charge is 0.321 e. The predicted molar refractivity (Wildman–Crippen MR) is 96.7 cm³/mol. The lowest BCUT2D eigenvalue weighted by Crippen LogP contribution is -2.12. The number of nitrogens with one attached hydrogen (secondary N) is 1. The van der Waals surface area contributed by atoms with Crippen molar-refractivity contribution in [3.8, 4) is 11.3 Å². The lowest BCUT2D eigenvalue weighted by Gasteiger charge is -2.06. The highest BCUT2D eigenvalue weighted by Gasteiger charge is 2.18. The molecule has 1 heterocycles. The summed E-state index contributed by atoms with van der Waals surface area (Å²) in [6.45, 7) is 3.38. The van der Waals surface area contributed by atoms with Crippen molar-refractivity contribution in [2.24, 2.45) is 0 Å². The van der Waals surface area contributed by atoms with E-state index in [1.165, 1.54) is 18.3 Å². The lowest BCUT2D eigenvalue weighted by atomic mass is 10.1. The summed E-state index contributed by atoms with van der Waals surface area (Å²) in [5.41, 5.74) is 2.75. The minimum absolute atomic E-state index is 0.0373. The van der Waals surface area contributed by atoms with Gasteiger partial charge in [-0.25, -0.2) is 4.98 Å². The smallest absolute Gasteiger partial charge is 0.268 e. The zero-order valence-electron chi connectivity index (χ0n) is 13.4. The first-order chi connectivity index (χ1) is 11.5. The Bertz CT molecular complexity index is 901. The molecule has 0 spiro atoms. The van der Waals surface area contributed by atoms with Crippen molar-refractivity contribution >= 4 is 28.7 Å². The van der Waals surface area contributed by atoms with Crippen molar-refractivity contribution in [3.05, 3.63) is 70.0 Å². The Morgan fingerprint density at radius 1 is 1.04 bits per heavy atom. The van der Waals surface area contributed by atoms with Crippen LogP contribution >= 0.6 is 11.3 Å². The van der Waals surface area contributed by atoms with Gasteiger partial charge in [0.2, 0.25) is 0 Å². The third-order valence-corrected chi connectivity index (χ3v) is 4.48. The van der Waals surface area contributed by atoms with Gasteiger partial charge in [0.1, 0.15) is 4.88 Å². The number of amides is 1. The summed E-state index contributed by atoms with van der Waals surface area (Å²) in [4.78, 5) is 29.2. The molecular weight excluding hydrogens is 320 g/mol. The van der Waals surface area contributed by atoms with Crippen LogP contribution in [0.15, 0.2) is 54.6 Å². The molecule has 1 amide bonds. The Morgan fingerprint density at radius 2 is 1.79 bits per heavy atom. The van der Waals surface area contributed by atoms with Gasteiger partial charge in [-0.05, 0) is 26.0 Å². The fourth-order valence-corrected chi connectivity index (χ4v) is 3.21. The van der Waals surface area contributed by atoms with Gasteiger partial charge in [-0.15, -0.1) is 11.3 Å². The summed E-state index contributed by atoms with van der Waals surface area (Å²) >= 11 is 1.36. The van der Waals surface area contributed by atoms with Crippen molar-refractivity contribution in [3.63, 3.8) is 0 Å². The maximum atomic E-state index is 12.7. The molecule has 0 aliphatic rings. The van der Waals surface area contributed by atoms with Crippen LogP contribution in [0.5, 0.6) is 0 Å². The molecule has 3 rings (SSSR count). The van der Waals surface area contributed by atoms with E-state index in [-0.39, 0.29) is 11.7 Å². The second-order valence-corrected chi connectivity index (χ2v) is 6.57. The molecule has 4 nitrogen and oxygen atoms in total. The Labute approximate surface area is 144 Å². The van der Waals surface area contributed by atoms with E-state index >= 15 is 0 Å². The maximum absolute atomic E-state index is 12.7. The fraction of sp³-hybridized carbons (Fsp3) is 0.105. The third-order valence-electron chi connectivity index (χ3n) is 3.51. The second-order valence-electron chi connectivity index (χ2n) is 5.37. The first-order valence-electron chi connectivity index (χ1n) is 7.50. The van der Waals surface area contributed by atoms with E-state index < -0.39 is 0 Å². The number of nitrogens with zero attached hydrogens (tertiary/aromatic N) is 1. The zero-order chi connectivity index (χ0) is 17.1. The molecule has 5 heteroatoms. The number of carbonyl (C=O) groups excluding carboxylic acids is 2. The lowest BCUT2D eigenvalue weighted by molar-refractivity contribution is 0.101. The molecule has 1 N–H and O–H groups in total. The van der Waals surface area contributed by atoms with Crippen molar-refractivity contribution in [2.75, 3.05) is 5.32 Å². The number of aromatic nitrogens is 1. The van der Waals surface area contributed by atoms with Crippen LogP contribution in [-0.4, -0.2) is 16.7 Å². The zero-order valence-corrected chi connectivity index (χ0v) is 14.2. The van der Waals surface area contributed by atoms with E-state index in [1.807, 2.05) is 37.3 Å². The Hall–Kier alpha value is -2.79. The van der Waals surface area contributed by atoms with Crippen molar-refractivity contribution in [1.82, 2.24) is 4.98 Å². The number of hydrogen-bond donors (Lipinski definition) is 1. The highest BCUT2D eigenvalue weighted by atomic mass is 32.1. The summed E-state index contributed by atoms with van der Waals surface area (Å²) < 4.78 is 0. The number of rotatable bonds is 4. The van der Waals surface area contributed by atoms with Crippen LogP contribution in [0.2, 0.25) is 0 Å². The van der Waals surface area contributed by atoms with Crippen LogP contribution < -0.4 is 5.32 Å². The van der Waals surface area contributed by atoms with E-state index in [2.05, 4.69) is 10.3 Å². The minimum Gasteiger partial charge on any atom is -0.321 e. The molecule has 120 valence electrons. The number of anilines is 1. The van der Waals surface area contributed by atoms with E-state index in [4.69, 9.17) is 0 Å². The van der Waals surface area contributed by atoms with Crippen LogP contribution in [0, 0.1) is 6.92 Å². The van der Waals surface area contributed by atoms with Gasteiger partial charge in [-0.1, -0.05) is 42.5 Å². The van der Waals surface area contributed by atoms with Crippen molar-refractivity contribution < 1.29 is 9.59 Å². The predicted octanol–water partition coefficient (Wildman–Crippen LogP) is 4.57. The average molecular weight is 336 g/mol. The van der Waals surface area contributed by atoms with E-state index in [0.717, 1.165) is 10.6 Å². The number of aryl methyl sites for hydroxylation is 1. The van der Waals surface area contributed by atoms with Crippen LogP contribution in [0.4, 0.5) is 5.69 Å². The van der Waals surface area contributed by atoms with Gasteiger partial charge in [-0.2, -0.15) is 0 Å². The molecule has 0 saturated heterocycles. The number of benzene rings is 2. The first-order valence-corrected chi connectivity index (χ1v) is 8.31. The third kappa shape index (κ3) is 3.41. The highest BCUT2D eigenvalue weighted by molar-refractivity contribution is 7.14. The quantitative estimate of drug-likeness (QED) is 0.710. The second kappa shape index (κ2) is 6.76. The van der Waals surface area contributed by atoms with Crippen LogP contribution in [0.1, 0.15) is 32.0 Å². The van der Waals surface area contributed by atoms with E-state index in [9.17, 15) is 9.59 Å². The first kappa shape index (κ1) is 16.1. The van der Waals surface area contributed by atoms with Gasteiger partial charge in [0.05, 0.1) is 10.7 Å². The molecule has 0 saturated carbocycles. The highest BCUT2D eigenvalue weighted by Crippen LogP contribution is 2.28. The summed E-state index contributed by atoms with van der Waals surface area (Å²) in [6.07, 6.45) is 0. The minimum atomic E-state index is -0.222. The van der Waals surface area contributed by atoms with E-state index in [1.54, 1.807) is 24.3 Å². The van der Waals surface area contributed by atoms with Gasteiger partial charge in [-0.3, -0.25) is 9.59 Å². The molecule has 2 aromatic carbocycles. The summed E-state index contributed by atoms with van der Waals surface area (Å²) in [5.74, 6) is -0.259. The number of Topliss-reactive ketones (excluding diaryl/α,β-unsaturated/α-hetero) is 1. The normalized spacial score (nSPS) is 10.4. The maximum Gasteiger partial charge on any atom is 0.268 e. The molecule has 24 heavy (non-hydrogen) atoms. The Morgan fingerprint density at radius 3 is 2.50 bits per heavy atom. The number of hydrogen-bond acceptors (Lipinski definition) is 4. The Kier molecular flexibility index (Phi) is 4.53. The number of carbonyl (C=O) groups is 2. The number of thiazole rings is 1. The monoisotopic (exact) mass is 336 g/mol. The van der Waals surface area contributed by atoms with Crippen LogP contribution in [0.25, 0.3) is 11.3 Å². The summed E-state index contributed by atoms with van der Waals surface area (Å²) in [7, 11) is 0. The fourth-order valence-electron chi connectivity index (χ4n) is 2.38. The topological polar surface area (TPSA) is 59.1 Å². The van der Waals surface area contributed by atoms with Gasteiger partial charge in [0, 0.05) is 16.8 Å². The molecule has 1 aromatic heterocycles. The molecule has 0 aliphatic carbocycles. The SMILES string of the molecule is CC(=O)c1cccc(NC(=O)c2sc(C)nc2-c2ccccc2)c1. The molecule has 3 aromatic rings. The van der Waals surface area contributed by atoms with Crippen molar-refractivity contribution in [1.29, 1.82) is 0 Å². The summed E-state index contributed by atoms with van der Waals surface area (Å²) in [6, 6.07) is 16.5. The standard InChI is InChI=1S/C19H16N2O2S/c1-12(22)15-9-6-10-16(11-15)21-19(23)18-17(20-13(2)24-18)14-7-4-3-5-8-14/h3-11H,1-2H3,(H,21,23). The number of ketones is 1. The van der Waals surface area contributed by atoms with Crippen molar-refractivity contribution in [2.45, 2.75) is 13.8 Å². The van der Waals surface area contributed by atoms with Crippen LogP contribution in [0.3, 0.4) is 0 Å². The van der Waals surface area contributed by atoms with Crippen LogP contribution in [-0.2, 0) is 0 Å². The van der Waals surface area contributed by atoms with E-state index in [0.29, 0.717) is 21.8 Å².